The highest BCUT2D eigenvalue weighted by Crippen LogP contribution is 2.38. The van der Waals surface area contributed by atoms with E-state index in [2.05, 4.69) is 10.2 Å². The normalized spacial score (nSPS) is 11.8. The molecule has 2 aromatic carbocycles. The summed E-state index contributed by atoms with van der Waals surface area (Å²) in [6.07, 6.45) is 0. The van der Waals surface area contributed by atoms with Gasteiger partial charge in [-0.3, -0.25) is 10.1 Å². The van der Waals surface area contributed by atoms with Crippen molar-refractivity contribution in [2.45, 2.75) is 17.4 Å². The fourth-order valence-corrected chi connectivity index (χ4v) is 3.25. The largest absolute Gasteiger partial charge is 0.497 e. The molecule has 0 aliphatic rings. The molecule has 1 unspecified atom stereocenters. The first-order valence-electron chi connectivity index (χ1n) is 7.98. The summed E-state index contributed by atoms with van der Waals surface area (Å²) in [5, 5.41) is 19.3. The number of nitro groups is 1. The van der Waals surface area contributed by atoms with Crippen molar-refractivity contribution in [3.05, 3.63) is 58.1 Å². The van der Waals surface area contributed by atoms with Crippen LogP contribution in [0.1, 0.15) is 17.7 Å². The first-order chi connectivity index (χ1) is 13.0. The summed E-state index contributed by atoms with van der Waals surface area (Å²) in [4.78, 5) is 10.5. The second-order valence-electron chi connectivity index (χ2n) is 5.55. The van der Waals surface area contributed by atoms with E-state index in [0.717, 1.165) is 5.56 Å². The number of nitro benzene ring substituents is 1. The van der Waals surface area contributed by atoms with E-state index in [1.807, 2.05) is 13.0 Å². The molecule has 140 valence electrons. The van der Waals surface area contributed by atoms with E-state index < -0.39 is 4.92 Å². The van der Waals surface area contributed by atoms with Gasteiger partial charge in [-0.05, 0) is 24.6 Å². The highest BCUT2D eigenvalue weighted by Gasteiger charge is 2.18. The Morgan fingerprint density at radius 2 is 1.96 bits per heavy atom. The number of thioether (sulfide) groups is 1. The predicted octanol–water partition coefficient (Wildman–Crippen LogP) is 4.52. The number of methoxy groups -OCH3 is 2. The summed E-state index contributed by atoms with van der Waals surface area (Å²) < 4.78 is 16.3. The molecule has 9 heteroatoms. The topological polar surface area (TPSA) is 101 Å². The second kappa shape index (κ2) is 8.09. The molecule has 3 aromatic rings. The number of aromatic nitrogens is 2. The SMILES string of the molecule is COc1ccc(-c2nnc(SC(C)c3cccc([N+](=O)[O-])c3)o2)c(OC)c1. The monoisotopic (exact) mass is 387 g/mol. The second-order valence-corrected chi connectivity index (χ2v) is 6.84. The Morgan fingerprint density at radius 3 is 2.67 bits per heavy atom. The number of rotatable bonds is 7. The first kappa shape index (κ1) is 18.7. The van der Waals surface area contributed by atoms with Crippen LogP contribution in [0.5, 0.6) is 11.5 Å². The van der Waals surface area contributed by atoms with Crippen molar-refractivity contribution < 1.29 is 18.8 Å². The average molecular weight is 387 g/mol. The molecule has 0 aliphatic carbocycles. The maximum Gasteiger partial charge on any atom is 0.277 e. The van der Waals surface area contributed by atoms with Crippen LogP contribution in [0.25, 0.3) is 11.5 Å². The van der Waals surface area contributed by atoms with Gasteiger partial charge in [0.05, 0.1) is 24.7 Å². The summed E-state index contributed by atoms with van der Waals surface area (Å²) >= 11 is 1.33. The fraction of sp³-hybridized carbons (Fsp3) is 0.222. The van der Waals surface area contributed by atoms with Gasteiger partial charge in [0, 0.05) is 23.4 Å². The number of hydrogen-bond donors (Lipinski definition) is 0. The summed E-state index contributed by atoms with van der Waals surface area (Å²) in [5.41, 5.74) is 1.51. The van der Waals surface area contributed by atoms with Gasteiger partial charge in [-0.15, -0.1) is 10.2 Å². The van der Waals surface area contributed by atoms with E-state index in [4.69, 9.17) is 13.9 Å². The van der Waals surface area contributed by atoms with Gasteiger partial charge in [-0.2, -0.15) is 0 Å². The molecule has 0 amide bonds. The van der Waals surface area contributed by atoms with Crippen LogP contribution < -0.4 is 9.47 Å². The average Bonchev–Trinajstić information content (AvgIpc) is 3.15. The van der Waals surface area contributed by atoms with Crippen LogP contribution in [0.3, 0.4) is 0 Å². The van der Waals surface area contributed by atoms with Crippen molar-refractivity contribution in [1.29, 1.82) is 0 Å². The van der Waals surface area contributed by atoms with Gasteiger partial charge < -0.3 is 13.9 Å². The molecule has 0 spiro atoms. The maximum atomic E-state index is 10.9. The summed E-state index contributed by atoms with van der Waals surface area (Å²) in [6, 6.07) is 11.8. The Kier molecular flexibility index (Phi) is 5.60. The zero-order valence-electron chi connectivity index (χ0n) is 14.9. The van der Waals surface area contributed by atoms with Gasteiger partial charge in [0.25, 0.3) is 16.8 Å². The number of benzene rings is 2. The lowest BCUT2D eigenvalue weighted by molar-refractivity contribution is -0.384. The van der Waals surface area contributed by atoms with Gasteiger partial charge >= 0.3 is 0 Å². The first-order valence-corrected chi connectivity index (χ1v) is 8.86. The highest BCUT2D eigenvalue weighted by atomic mass is 32.2. The third-order valence-corrected chi connectivity index (χ3v) is 4.87. The predicted molar refractivity (Wildman–Crippen MR) is 100 cm³/mol. The molecule has 0 saturated heterocycles. The zero-order chi connectivity index (χ0) is 19.4. The molecule has 1 heterocycles. The number of hydrogen-bond acceptors (Lipinski definition) is 8. The van der Waals surface area contributed by atoms with Crippen LogP contribution in [0.15, 0.2) is 52.1 Å². The van der Waals surface area contributed by atoms with E-state index in [1.165, 1.54) is 17.8 Å². The number of ether oxygens (including phenoxy) is 2. The van der Waals surface area contributed by atoms with Gasteiger partial charge in [0.15, 0.2) is 0 Å². The minimum Gasteiger partial charge on any atom is -0.497 e. The molecule has 1 aromatic heterocycles. The molecule has 8 nitrogen and oxygen atoms in total. The molecule has 0 saturated carbocycles. The molecular formula is C18H17N3O5S. The van der Waals surface area contributed by atoms with E-state index in [0.29, 0.717) is 28.2 Å². The quantitative estimate of drug-likeness (QED) is 0.331. The van der Waals surface area contributed by atoms with Gasteiger partial charge in [0.1, 0.15) is 11.5 Å². The summed E-state index contributed by atoms with van der Waals surface area (Å²) in [6.45, 7) is 1.92. The molecule has 0 N–H and O–H groups in total. The van der Waals surface area contributed by atoms with Crippen molar-refractivity contribution in [2.24, 2.45) is 0 Å². The van der Waals surface area contributed by atoms with Crippen LogP contribution in [-0.4, -0.2) is 29.3 Å². The van der Waals surface area contributed by atoms with E-state index in [-0.39, 0.29) is 10.9 Å². The van der Waals surface area contributed by atoms with Gasteiger partial charge in [-0.1, -0.05) is 23.9 Å². The number of non-ortho nitro benzene ring substituents is 1. The molecule has 0 bridgehead atoms. The Morgan fingerprint density at radius 1 is 1.15 bits per heavy atom. The Bertz CT molecular complexity index is 960. The molecule has 27 heavy (non-hydrogen) atoms. The fourth-order valence-electron chi connectivity index (χ4n) is 2.45. The minimum absolute atomic E-state index is 0.0501. The molecular weight excluding hydrogens is 370 g/mol. The lowest BCUT2D eigenvalue weighted by Crippen LogP contribution is -1.92. The number of nitrogens with zero attached hydrogens (tertiary/aromatic N) is 3. The Balaban J connectivity index is 1.80. The van der Waals surface area contributed by atoms with Crippen LogP contribution in [0.2, 0.25) is 0 Å². The molecule has 1 atom stereocenters. The third kappa shape index (κ3) is 4.20. The lowest BCUT2D eigenvalue weighted by Gasteiger charge is -2.08. The van der Waals surface area contributed by atoms with Crippen LogP contribution >= 0.6 is 11.8 Å². The molecule has 0 aliphatic heterocycles. The maximum absolute atomic E-state index is 10.9. The molecule has 3 rings (SSSR count). The van der Waals surface area contributed by atoms with Crippen molar-refractivity contribution in [3.63, 3.8) is 0 Å². The van der Waals surface area contributed by atoms with Crippen molar-refractivity contribution in [2.75, 3.05) is 14.2 Å². The smallest absolute Gasteiger partial charge is 0.277 e. The van der Waals surface area contributed by atoms with Gasteiger partial charge in [0.2, 0.25) is 0 Å². The summed E-state index contributed by atoms with van der Waals surface area (Å²) in [5.74, 6) is 1.54. The standard InChI is InChI=1S/C18H17N3O5S/c1-11(12-5-4-6-13(9-12)21(22)23)27-18-20-19-17(26-18)15-8-7-14(24-2)10-16(15)25-3/h4-11H,1-3H3. The lowest BCUT2D eigenvalue weighted by atomic mass is 10.1. The van der Waals surface area contributed by atoms with E-state index in [1.54, 1.807) is 44.6 Å². The summed E-state index contributed by atoms with van der Waals surface area (Å²) in [7, 11) is 3.12. The third-order valence-electron chi connectivity index (χ3n) is 3.87. The minimum atomic E-state index is -0.415. The van der Waals surface area contributed by atoms with Crippen molar-refractivity contribution >= 4 is 17.4 Å². The van der Waals surface area contributed by atoms with E-state index >= 15 is 0 Å². The van der Waals surface area contributed by atoms with Crippen LogP contribution in [0.4, 0.5) is 5.69 Å². The van der Waals surface area contributed by atoms with Crippen LogP contribution in [0, 0.1) is 10.1 Å². The van der Waals surface area contributed by atoms with E-state index in [9.17, 15) is 10.1 Å². The zero-order valence-corrected chi connectivity index (χ0v) is 15.7. The Hall–Kier alpha value is -3.07. The molecule has 0 radical (unpaired) electrons. The Labute approximate surface area is 159 Å². The van der Waals surface area contributed by atoms with Crippen molar-refractivity contribution in [3.8, 4) is 23.0 Å². The van der Waals surface area contributed by atoms with Gasteiger partial charge in [-0.25, -0.2) is 0 Å². The van der Waals surface area contributed by atoms with Crippen molar-refractivity contribution in [1.82, 2.24) is 10.2 Å². The highest BCUT2D eigenvalue weighted by molar-refractivity contribution is 7.99. The van der Waals surface area contributed by atoms with Crippen LogP contribution in [-0.2, 0) is 0 Å². The molecule has 0 fully saturated rings.